The summed E-state index contributed by atoms with van der Waals surface area (Å²) in [5.41, 5.74) is 3.82. The van der Waals surface area contributed by atoms with E-state index < -0.39 is 6.10 Å². The number of ether oxygens (including phenoxy) is 1. The highest BCUT2D eigenvalue weighted by molar-refractivity contribution is 5.37. The van der Waals surface area contributed by atoms with E-state index in [1.165, 1.54) is 0 Å². The fraction of sp³-hybridized carbons (Fsp3) is 0.312. The molecule has 1 atom stereocenters. The predicted molar refractivity (Wildman–Crippen MR) is 75.1 cm³/mol. The maximum atomic E-state index is 9.53. The molecule has 0 saturated carbocycles. The molecule has 0 aliphatic rings. The number of aliphatic hydroxyl groups excluding tert-OH is 1. The Bertz CT molecular complexity index is 564. The molecule has 3 nitrogen and oxygen atoms in total. The van der Waals surface area contributed by atoms with Crippen LogP contribution >= 0.6 is 0 Å². The fourth-order valence-corrected chi connectivity index (χ4v) is 1.93. The zero-order valence-electron chi connectivity index (χ0n) is 11.6. The minimum atomic E-state index is -0.453. The lowest BCUT2D eigenvalue weighted by Crippen LogP contribution is -2.01. The number of benzene rings is 1. The van der Waals surface area contributed by atoms with E-state index in [4.69, 9.17) is 4.74 Å². The van der Waals surface area contributed by atoms with Gasteiger partial charge in [0.05, 0.1) is 11.8 Å². The van der Waals surface area contributed by atoms with Gasteiger partial charge in [-0.15, -0.1) is 0 Å². The summed E-state index contributed by atoms with van der Waals surface area (Å²) in [6.07, 6.45) is -0.453. The van der Waals surface area contributed by atoms with Crippen LogP contribution in [0, 0.1) is 13.8 Å². The monoisotopic (exact) mass is 257 g/mol. The summed E-state index contributed by atoms with van der Waals surface area (Å²) in [4.78, 5) is 4.40. The summed E-state index contributed by atoms with van der Waals surface area (Å²) in [6, 6.07) is 11.6. The van der Waals surface area contributed by atoms with Crippen molar-refractivity contribution >= 4 is 0 Å². The topological polar surface area (TPSA) is 42.4 Å². The second-order valence-electron chi connectivity index (χ2n) is 4.76. The first-order valence-corrected chi connectivity index (χ1v) is 6.40. The quantitative estimate of drug-likeness (QED) is 0.913. The molecule has 2 rings (SSSR count). The molecule has 0 saturated heterocycles. The van der Waals surface area contributed by atoms with E-state index in [2.05, 4.69) is 4.98 Å². The molecule has 100 valence electrons. The van der Waals surface area contributed by atoms with E-state index >= 15 is 0 Å². The number of aromatic nitrogens is 1. The molecular weight excluding hydrogens is 238 g/mol. The maximum Gasteiger partial charge on any atom is 0.130 e. The van der Waals surface area contributed by atoms with Gasteiger partial charge >= 0.3 is 0 Å². The third kappa shape index (κ3) is 3.55. The standard InChI is InChI=1S/C16H19NO2/c1-11-9-14(13(3)18)7-8-16(11)19-10-15-6-4-5-12(2)17-15/h4-9,13,18H,10H2,1-3H3. The minimum Gasteiger partial charge on any atom is -0.487 e. The van der Waals surface area contributed by atoms with Crippen LogP contribution in [0.15, 0.2) is 36.4 Å². The average Bonchev–Trinajstić information content (AvgIpc) is 2.37. The van der Waals surface area contributed by atoms with Gasteiger partial charge in [0.25, 0.3) is 0 Å². The van der Waals surface area contributed by atoms with Crippen molar-refractivity contribution in [1.29, 1.82) is 0 Å². The Morgan fingerprint density at radius 3 is 2.63 bits per heavy atom. The molecule has 0 spiro atoms. The van der Waals surface area contributed by atoms with Crippen LogP contribution in [0.4, 0.5) is 0 Å². The van der Waals surface area contributed by atoms with Gasteiger partial charge in [-0.2, -0.15) is 0 Å². The number of pyridine rings is 1. The van der Waals surface area contributed by atoms with Crippen LogP contribution in [0.25, 0.3) is 0 Å². The highest BCUT2D eigenvalue weighted by Crippen LogP contribution is 2.23. The highest BCUT2D eigenvalue weighted by Gasteiger charge is 2.05. The summed E-state index contributed by atoms with van der Waals surface area (Å²) >= 11 is 0. The number of aryl methyl sites for hydroxylation is 2. The maximum absolute atomic E-state index is 9.53. The van der Waals surface area contributed by atoms with Gasteiger partial charge in [0, 0.05) is 5.69 Å². The van der Waals surface area contributed by atoms with Crippen LogP contribution in [0.1, 0.15) is 35.5 Å². The molecule has 1 N–H and O–H groups in total. The Balaban J connectivity index is 2.07. The van der Waals surface area contributed by atoms with E-state index in [1.54, 1.807) is 6.92 Å². The minimum absolute atomic E-state index is 0.453. The number of hydrogen-bond donors (Lipinski definition) is 1. The van der Waals surface area contributed by atoms with Crippen molar-refractivity contribution in [2.75, 3.05) is 0 Å². The SMILES string of the molecule is Cc1cccc(COc2ccc(C(C)O)cc2C)n1. The Morgan fingerprint density at radius 2 is 2.00 bits per heavy atom. The first kappa shape index (κ1) is 13.6. The van der Waals surface area contributed by atoms with Crippen molar-refractivity contribution in [3.8, 4) is 5.75 Å². The Labute approximate surface area is 113 Å². The molecule has 1 aromatic heterocycles. The molecule has 1 aromatic carbocycles. The molecule has 2 aromatic rings. The van der Waals surface area contributed by atoms with Gasteiger partial charge < -0.3 is 9.84 Å². The first-order valence-electron chi connectivity index (χ1n) is 6.40. The summed E-state index contributed by atoms with van der Waals surface area (Å²) in [5.74, 6) is 0.827. The summed E-state index contributed by atoms with van der Waals surface area (Å²) in [6.45, 7) is 6.15. The average molecular weight is 257 g/mol. The number of nitrogens with zero attached hydrogens (tertiary/aromatic N) is 1. The van der Waals surface area contributed by atoms with Crippen LogP contribution in [0.5, 0.6) is 5.75 Å². The zero-order valence-corrected chi connectivity index (χ0v) is 11.6. The molecule has 0 aliphatic carbocycles. The zero-order chi connectivity index (χ0) is 13.8. The summed E-state index contributed by atoms with van der Waals surface area (Å²) < 4.78 is 5.77. The van der Waals surface area contributed by atoms with E-state index in [9.17, 15) is 5.11 Å². The molecule has 0 aliphatic heterocycles. The third-order valence-electron chi connectivity index (χ3n) is 3.00. The second-order valence-corrected chi connectivity index (χ2v) is 4.76. The van der Waals surface area contributed by atoms with E-state index in [0.29, 0.717) is 6.61 Å². The van der Waals surface area contributed by atoms with Crippen molar-refractivity contribution < 1.29 is 9.84 Å². The number of rotatable bonds is 4. The largest absolute Gasteiger partial charge is 0.487 e. The highest BCUT2D eigenvalue weighted by atomic mass is 16.5. The van der Waals surface area contributed by atoms with Gasteiger partial charge in [-0.3, -0.25) is 4.98 Å². The van der Waals surface area contributed by atoms with E-state index in [0.717, 1.165) is 28.3 Å². The summed E-state index contributed by atoms with van der Waals surface area (Å²) in [5, 5.41) is 9.53. The predicted octanol–water partition coefficient (Wildman–Crippen LogP) is 3.33. The van der Waals surface area contributed by atoms with Crippen LogP contribution in [0.2, 0.25) is 0 Å². The first-order chi connectivity index (χ1) is 9.06. The van der Waals surface area contributed by atoms with Crippen LogP contribution < -0.4 is 4.74 Å². The van der Waals surface area contributed by atoms with Gasteiger partial charge in [-0.1, -0.05) is 12.1 Å². The molecule has 3 heteroatoms. The molecular formula is C16H19NO2. The summed E-state index contributed by atoms with van der Waals surface area (Å²) in [7, 11) is 0. The number of hydrogen-bond acceptors (Lipinski definition) is 3. The smallest absolute Gasteiger partial charge is 0.130 e. The second kappa shape index (κ2) is 5.85. The molecule has 0 bridgehead atoms. The van der Waals surface area contributed by atoms with Gasteiger partial charge in [-0.25, -0.2) is 0 Å². The molecule has 0 fully saturated rings. The third-order valence-corrected chi connectivity index (χ3v) is 3.00. The van der Waals surface area contributed by atoms with Gasteiger partial charge in [0.15, 0.2) is 0 Å². The lowest BCUT2D eigenvalue weighted by Gasteiger charge is -2.12. The molecule has 1 heterocycles. The Morgan fingerprint density at radius 1 is 1.21 bits per heavy atom. The van der Waals surface area contributed by atoms with Crippen molar-refractivity contribution in [3.05, 3.63) is 58.9 Å². The van der Waals surface area contributed by atoms with Crippen molar-refractivity contribution in [1.82, 2.24) is 4.98 Å². The van der Waals surface area contributed by atoms with Gasteiger partial charge in [0.2, 0.25) is 0 Å². The van der Waals surface area contributed by atoms with Gasteiger partial charge in [0.1, 0.15) is 12.4 Å². The van der Waals surface area contributed by atoms with Crippen molar-refractivity contribution in [2.45, 2.75) is 33.5 Å². The normalized spacial score (nSPS) is 12.2. The van der Waals surface area contributed by atoms with Gasteiger partial charge in [-0.05, 0) is 56.2 Å². The van der Waals surface area contributed by atoms with Crippen molar-refractivity contribution in [3.63, 3.8) is 0 Å². The Kier molecular flexibility index (Phi) is 4.17. The van der Waals surface area contributed by atoms with E-state index in [-0.39, 0.29) is 0 Å². The van der Waals surface area contributed by atoms with E-state index in [1.807, 2.05) is 50.2 Å². The molecule has 0 amide bonds. The number of aliphatic hydroxyl groups is 1. The molecule has 1 unspecified atom stereocenters. The lowest BCUT2D eigenvalue weighted by atomic mass is 10.1. The van der Waals surface area contributed by atoms with Crippen LogP contribution in [-0.4, -0.2) is 10.1 Å². The van der Waals surface area contributed by atoms with Crippen LogP contribution in [-0.2, 0) is 6.61 Å². The molecule has 0 radical (unpaired) electrons. The molecule has 19 heavy (non-hydrogen) atoms. The fourth-order valence-electron chi connectivity index (χ4n) is 1.93. The lowest BCUT2D eigenvalue weighted by molar-refractivity contribution is 0.199. The van der Waals surface area contributed by atoms with Crippen molar-refractivity contribution in [2.24, 2.45) is 0 Å². The Hall–Kier alpha value is -1.87. The van der Waals surface area contributed by atoms with Crippen LogP contribution in [0.3, 0.4) is 0 Å².